The molecule has 0 unspecified atom stereocenters. The number of halogens is 1. The van der Waals surface area contributed by atoms with Crippen LogP contribution in [0.2, 0.25) is 0 Å². The van der Waals surface area contributed by atoms with Crippen LogP contribution in [-0.4, -0.2) is 29.0 Å². The molecule has 1 saturated carbocycles. The van der Waals surface area contributed by atoms with Crippen LogP contribution in [0.1, 0.15) is 30.4 Å². The molecule has 0 bridgehead atoms. The van der Waals surface area contributed by atoms with Crippen molar-refractivity contribution >= 4 is 5.84 Å². The van der Waals surface area contributed by atoms with Gasteiger partial charge in [0.2, 0.25) is 0 Å². The van der Waals surface area contributed by atoms with Crippen LogP contribution in [0.3, 0.4) is 0 Å². The third-order valence-electron chi connectivity index (χ3n) is 3.58. The summed E-state index contributed by atoms with van der Waals surface area (Å²) in [5.41, 5.74) is 6.17. The molecular weight excluding hydrogens is 233 g/mol. The Morgan fingerprint density at radius 1 is 1.56 bits per heavy atom. The van der Waals surface area contributed by atoms with E-state index in [-0.39, 0.29) is 11.4 Å². The third-order valence-corrected chi connectivity index (χ3v) is 3.58. The van der Waals surface area contributed by atoms with Crippen molar-refractivity contribution in [3.63, 3.8) is 0 Å². The van der Waals surface area contributed by atoms with Gasteiger partial charge in [-0.05, 0) is 26.0 Å². The normalized spacial score (nSPS) is 16.9. The summed E-state index contributed by atoms with van der Waals surface area (Å²) in [4.78, 5) is 2.15. The van der Waals surface area contributed by atoms with E-state index in [4.69, 9.17) is 10.9 Å². The minimum atomic E-state index is -0.404. The molecule has 1 fully saturated rings. The quantitative estimate of drug-likeness (QED) is 0.372. The van der Waals surface area contributed by atoms with E-state index in [1.807, 2.05) is 7.05 Å². The number of nitrogens with two attached hydrogens (primary N) is 1. The summed E-state index contributed by atoms with van der Waals surface area (Å²) in [6.07, 6.45) is 3.61. The van der Waals surface area contributed by atoms with Crippen molar-refractivity contribution in [2.75, 3.05) is 7.05 Å². The van der Waals surface area contributed by atoms with E-state index in [9.17, 15) is 4.39 Å². The summed E-state index contributed by atoms with van der Waals surface area (Å²) >= 11 is 0. The molecule has 0 radical (unpaired) electrons. The lowest BCUT2D eigenvalue weighted by Gasteiger charge is -2.34. The van der Waals surface area contributed by atoms with Crippen molar-refractivity contribution in [2.45, 2.75) is 31.8 Å². The van der Waals surface area contributed by atoms with E-state index in [2.05, 4.69) is 10.1 Å². The molecule has 1 aliphatic carbocycles. The average Bonchev–Trinajstić information content (AvgIpc) is 2.28. The Labute approximate surface area is 106 Å². The molecule has 1 aromatic carbocycles. The summed E-state index contributed by atoms with van der Waals surface area (Å²) in [6, 6.07) is 5.52. The SMILES string of the molecule is CN(Cc1cccc(/C(N)=N/O)c1F)C1CCC1. The first-order valence-corrected chi connectivity index (χ1v) is 6.09. The molecule has 0 saturated heterocycles. The number of rotatable bonds is 4. The largest absolute Gasteiger partial charge is 0.409 e. The maximum Gasteiger partial charge on any atom is 0.173 e. The molecular formula is C13H18FN3O. The fraction of sp³-hybridized carbons (Fsp3) is 0.462. The molecule has 0 aliphatic heterocycles. The Morgan fingerprint density at radius 3 is 2.83 bits per heavy atom. The van der Waals surface area contributed by atoms with Crippen LogP contribution in [0.4, 0.5) is 4.39 Å². The zero-order valence-electron chi connectivity index (χ0n) is 10.4. The second-order valence-corrected chi connectivity index (χ2v) is 4.76. The second-order valence-electron chi connectivity index (χ2n) is 4.76. The first-order chi connectivity index (χ1) is 8.63. The minimum Gasteiger partial charge on any atom is -0.409 e. The first kappa shape index (κ1) is 12.8. The Hall–Kier alpha value is -1.62. The summed E-state index contributed by atoms with van der Waals surface area (Å²) in [6.45, 7) is 0.545. The van der Waals surface area contributed by atoms with E-state index >= 15 is 0 Å². The fourth-order valence-corrected chi connectivity index (χ4v) is 2.18. The van der Waals surface area contributed by atoms with Crippen molar-refractivity contribution in [3.8, 4) is 0 Å². The number of oxime groups is 1. The van der Waals surface area contributed by atoms with E-state index in [0.717, 1.165) is 0 Å². The highest BCUT2D eigenvalue weighted by Gasteiger charge is 2.23. The Balaban J connectivity index is 2.17. The maximum absolute atomic E-state index is 14.2. The number of nitrogens with zero attached hydrogens (tertiary/aromatic N) is 2. The van der Waals surface area contributed by atoms with Crippen molar-refractivity contribution < 1.29 is 9.60 Å². The van der Waals surface area contributed by atoms with Gasteiger partial charge in [-0.15, -0.1) is 0 Å². The van der Waals surface area contributed by atoms with Crippen molar-refractivity contribution in [1.82, 2.24) is 4.90 Å². The molecule has 0 atom stereocenters. The van der Waals surface area contributed by atoms with Crippen LogP contribution in [0, 0.1) is 5.82 Å². The lowest BCUT2D eigenvalue weighted by molar-refractivity contribution is 0.151. The Morgan fingerprint density at radius 2 is 2.28 bits per heavy atom. The lowest BCUT2D eigenvalue weighted by Crippen LogP contribution is -2.36. The topological polar surface area (TPSA) is 61.8 Å². The molecule has 1 aliphatic rings. The molecule has 0 heterocycles. The zero-order valence-corrected chi connectivity index (χ0v) is 10.4. The number of amidine groups is 1. The van der Waals surface area contributed by atoms with Gasteiger partial charge in [0.15, 0.2) is 5.84 Å². The van der Waals surface area contributed by atoms with Crippen molar-refractivity contribution in [2.24, 2.45) is 10.9 Å². The van der Waals surface area contributed by atoms with E-state index in [1.54, 1.807) is 12.1 Å². The van der Waals surface area contributed by atoms with Gasteiger partial charge in [0.05, 0.1) is 5.56 Å². The fourth-order valence-electron chi connectivity index (χ4n) is 2.18. The number of hydrogen-bond acceptors (Lipinski definition) is 3. The third kappa shape index (κ3) is 2.46. The molecule has 0 spiro atoms. The molecule has 2 rings (SSSR count). The van der Waals surface area contributed by atoms with Gasteiger partial charge in [-0.3, -0.25) is 4.90 Å². The van der Waals surface area contributed by atoms with Crippen molar-refractivity contribution in [1.29, 1.82) is 0 Å². The summed E-state index contributed by atoms with van der Waals surface area (Å²) in [5.74, 6) is -0.598. The monoisotopic (exact) mass is 251 g/mol. The van der Waals surface area contributed by atoms with Gasteiger partial charge in [0.25, 0.3) is 0 Å². The van der Waals surface area contributed by atoms with Gasteiger partial charge < -0.3 is 10.9 Å². The molecule has 98 valence electrons. The van der Waals surface area contributed by atoms with Crippen LogP contribution in [0.5, 0.6) is 0 Å². The van der Waals surface area contributed by atoms with Crippen LogP contribution in [0.15, 0.2) is 23.4 Å². The van der Waals surface area contributed by atoms with E-state index in [0.29, 0.717) is 18.2 Å². The molecule has 4 nitrogen and oxygen atoms in total. The van der Waals surface area contributed by atoms with Crippen LogP contribution in [-0.2, 0) is 6.54 Å². The van der Waals surface area contributed by atoms with Crippen molar-refractivity contribution in [3.05, 3.63) is 35.1 Å². The lowest BCUT2D eigenvalue weighted by atomic mass is 9.91. The average molecular weight is 251 g/mol. The van der Waals surface area contributed by atoms with Gasteiger partial charge in [-0.1, -0.05) is 23.7 Å². The predicted octanol–water partition coefficient (Wildman–Crippen LogP) is 1.90. The van der Waals surface area contributed by atoms with Gasteiger partial charge in [0, 0.05) is 18.2 Å². The summed E-state index contributed by atoms with van der Waals surface area (Å²) in [5, 5.41) is 11.4. The van der Waals surface area contributed by atoms with E-state index in [1.165, 1.54) is 25.3 Å². The predicted molar refractivity (Wildman–Crippen MR) is 68.0 cm³/mol. The van der Waals surface area contributed by atoms with Gasteiger partial charge >= 0.3 is 0 Å². The Bertz CT molecular complexity index is 458. The molecule has 3 N–H and O–H groups in total. The smallest absolute Gasteiger partial charge is 0.173 e. The molecule has 1 aromatic rings. The summed E-state index contributed by atoms with van der Waals surface area (Å²) < 4.78 is 14.2. The molecule has 5 heteroatoms. The highest BCUT2D eigenvalue weighted by atomic mass is 19.1. The van der Waals surface area contributed by atoms with Gasteiger partial charge in [-0.25, -0.2) is 4.39 Å². The van der Waals surface area contributed by atoms with Gasteiger partial charge in [-0.2, -0.15) is 0 Å². The van der Waals surface area contributed by atoms with E-state index < -0.39 is 5.82 Å². The number of hydrogen-bond donors (Lipinski definition) is 2. The van der Waals surface area contributed by atoms with Crippen LogP contribution < -0.4 is 5.73 Å². The van der Waals surface area contributed by atoms with Crippen LogP contribution in [0.25, 0.3) is 0 Å². The summed E-state index contributed by atoms with van der Waals surface area (Å²) in [7, 11) is 2.00. The standard InChI is InChI=1S/C13H18FN3O/c1-17(10-5-3-6-10)8-9-4-2-7-11(12(9)14)13(15)16-18/h2,4,7,10,18H,3,5-6,8H2,1H3,(H2,15,16). The highest BCUT2D eigenvalue weighted by Crippen LogP contribution is 2.25. The first-order valence-electron chi connectivity index (χ1n) is 6.09. The molecule has 0 aromatic heterocycles. The Kier molecular flexibility index (Phi) is 3.81. The minimum absolute atomic E-state index is 0.150. The maximum atomic E-state index is 14.2. The highest BCUT2D eigenvalue weighted by molar-refractivity contribution is 5.97. The number of benzene rings is 1. The van der Waals surface area contributed by atoms with Gasteiger partial charge in [0.1, 0.15) is 5.82 Å². The molecule has 0 amide bonds. The van der Waals surface area contributed by atoms with Crippen LogP contribution >= 0.6 is 0 Å². The molecule has 18 heavy (non-hydrogen) atoms. The second kappa shape index (κ2) is 5.35. The zero-order chi connectivity index (χ0) is 13.1.